The highest BCUT2D eigenvalue weighted by molar-refractivity contribution is 5.08. The maximum Gasteiger partial charge on any atom is 0.417 e. The number of hydrogen-bond acceptors (Lipinski definition) is 4. The molecular formula is C15H23F3N2O2. The summed E-state index contributed by atoms with van der Waals surface area (Å²) < 4.78 is 44.2. The van der Waals surface area contributed by atoms with E-state index in [1.807, 2.05) is 32.6 Å². The third-order valence-corrected chi connectivity index (χ3v) is 4.32. The van der Waals surface area contributed by atoms with E-state index in [0.29, 0.717) is 5.89 Å². The van der Waals surface area contributed by atoms with Crippen LogP contribution >= 0.6 is 0 Å². The largest absolute Gasteiger partial charge is 0.443 e. The second kappa shape index (κ2) is 5.53. The van der Waals surface area contributed by atoms with Crippen LogP contribution in [0.3, 0.4) is 0 Å². The van der Waals surface area contributed by atoms with Crippen LogP contribution in [-0.2, 0) is 5.41 Å². The van der Waals surface area contributed by atoms with E-state index in [2.05, 4.69) is 4.98 Å². The Morgan fingerprint density at radius 1 is 1.27 bits per heavy atom. The molecule has 1 N–H and O–H groups in total. The first-order valence-electron chi connectivity index (χ1n) is 7.43. The zero-order chi connectivity index (χ0) is 16.8. The summed E-state index contributed by atoms with van der Waals surface area (Å²) in [5.74, 6) is 1.25. The summed E-state index contributed by atoms with van der Waals surface area (Å²) in [5, 5.41) is 9.70. The van der Waals surface area contributed by atoms with Crippen LogP contribution in [0.2, 0.25) is 0 Å². The molecule has 1 saturated heterocycles. The summed E-state index contributed by atoms with van der Waals surface area (Å²) >= 11 is 0. The summed E-state index contributed by atoms with van der Waals surface area (Å²) in [5.41, 5.74) is -2.74. The molecule has 1 aliphatic heterocycles. The van der Waals surface area contributed by atoms with E-state index >= 15 is 0 Å². The van der Waals surface area contributed by atoms with Crippen LogP contribution in [0, 0.1) is 0 Å². The van der Waals surface area contributed by atoms with Gasteiger partial charge in [-0.2, -0.15) is 13.2 Å². The highest BCUT2D eigenvalue weighted by atomic mass is 19.4. The summed E-state index contributed by atoms with van der Waals surface area (Å²) in [7, 11) is 0. The molecule has 1 atom stereocenters. The fourth-order valence-electron chi connectivity index (χ4n) is 2.55. The van der Waals surface area contributed by atoms with Gasteiger partial charge < -0.3 is 9.52 Å². The quantitative estimate of drug-likeness (QED) is 0.907. The van der Waals surface area contributed by atoms with Crippen molar-refractivity contribution in [1.82, 2.24) is 9.88 Å². The minimum atomic E-state index is -4.58. The lowest BCUT2D eigenvalue weighted by atomic mass is 9.90. The fourth-order valence-corrected chi connectivity index (χ4v) is 2.55. The third kappa shape index (κ3) is 3.30. The van der Waals surface area contributed by atoms with Crippen LogP contribution in [0.4, 0.5) is 13.2 Å². The van der Waals surface area contributed by atoms with Gasteiger partial charge >= 0.3 is 6.18 Å². The van der Waals surface area contributed by atoms with E-state index < -0.39 is 11.8 Å². The summed E-state index contributed by atoms with van der Waals surface area (Å²) in [4.78, 5) is 6.11. The van der Waals surface area contributed by atoms with Crippen LogP contribution in [0.15, 0.2) is 10.6 Å². The lowest BCUT2D eigenvalue weighted by Crippen LogP contribution is -2.53. The molecule has 0 aliphatic carbocycles. The number of halogens is 3. The van der Waals surface area contributed by atoms with Crippen LogP contribution in [0.5, 0.6) is 0 Å². The monoisotopic (exact) mass is 320 g/mol. The first kappa shape index (κ1) is 17.3. The smallest absolute Gasteiger partial charge is 0.417 e. The molecule has 1 unspecified atom stereocenters. The minimum Gasteiger partial charge on any atom is -0.443 e. The van der Waals surface area contributed by atoms with Crippen molar-refractivity contribution in [1.29, 1.82) is 0 Å². The first-order chi connectivity index (χ1) is 9.94. The molecular weight excluding hydrogens is 297 g/mol. The van der Waals surface area contributed by atoms with Gasteiger partial charge in [0.2, 0.25) is 5.89 Å². The second-order valence-electron chi connectivity index (χ2n) is 7.05. The predicted octanol–water partition coefficient (Wildman–Crippen LogP) is 3.42. The number of piperidine rings is 1. The standard InChI is InChI=1S/C15H23F3N2O2/c1-10(12-19-9-11(22-12)13(2,3)4)20-7-5-14(21,6-8-20)15(16,17)18/h9-10,21H,5-8H2,1-4H3. The lowest BCUT2D eigenvalue weighted by molar-refractivity contribution is -0.273. The van der Waals surface area contributed by atoms with Gasteiger partial charge in [0.05, 0.1) is 12.2 Å². The van der Waals surface area contributed by atoms with E-state index in [1.54, 1.807) is 6.20 Å². The first-order valence-corrected chi connectivity index (χ1v) is 7.43. The minimum absolute atomic E-state index is 0.157. The van der Waals surface area contributed by atoms with E-state index in [0.717, 1.165) is 5.76 Å². The Labute approximate surface area is 128 Å². The lowest BCUT2D eigenvalue weighted by Gasteiger charge is -2.40. The molecule has 0 radical (unpaired) electrons. The van der Waals surface area contributed by atoms with Crippen molar-refractivity contribution in [3.05, 3.63) is 17.8 Å². The van der Waals surface area contributed by atoms with E-state index in [9.17, 15) is 18.3 Å². The number of hydrogen-bond donors (Lipinski definition) is 1. The number of likely N-dealkylation sites (tertiary alicyclic amines) is 1. The molecule has 0 amide bonds. The Morgan fingerprint density at radius 2 is 1.82 bits per heavy atom. The maximum atomic E-state index is 12.8. The zero-order valence-corrected chi connectivity index (χ0v) is 13.4. The molecule has 126 valence electrons. The van der Waals surface area contributed by atoms with Crippen molar-refractivity contribution in [3.63, 3.8) is 0 Å². The van der Waals surface area contributed by atoms with Crippen molar-refractivity contribution in [2.45, 2.75) is 63.8 Å². The van der Waals surface area contributed by atoms with Crippen molar-refractivity contribution in [3.8, 4) is 0 Å². The summed E-state index contributed by atoms with van der Waals surface area (Å²) in [6.45, 7) is 8.19. The van der Waals surface area contributed by atoms with Crippen molar-refractivity contribution in [2.24, 2.45) is 0 Å². The van der Waals surface area contributed by atoms with Gasteiger partial charge in [-0.1, -0.05) is 20.8 Å². The molecule has 4 nitrogen and oxygen atoms in total. The maximum absolute atomic E-state index is 12.8. The zero-order valence-electron chi connectivity index (χ0n) is 13.4. The molecule has 0 saturated carbocycles. The predicted molar refractivity (Wildman–Crippen MR) is 75.4 cm³/mol. The van der Waals surface area contributed by atoms with E-state index in [-0.39, 0.29) is 37.4 Å². The molecule has 1 fully saturated rings. The Bertz CT molecular complexity index is 512. The molecule has 0 bridgehead atoms. The number of aromatic nitrogens is 1. The molecule has 1 aromatic heterocycles. The van der Waals surface area contributed by atoms with Crippen LogP contribution in [0.1, 0.15) is 58.2 Å². The van der Waals surface area contributed by atoms with Gasteiger partial charge in [-0.05, 0) is 19.8 Å². The van der Waals surface area contributed by atoms with Crippen LogP contribution < -0.4 is 0 Å². The van der Waals surface area contributed by atoms with Crippen molar-refractivity contribution in [2.75, 3.05) is 13.1 Å². The average molecular weight is 320 g/mol. The van der Waals surface area contributed by atoms with Gasteiger partial charge in [0.25, 0.3) is 0 Å². The van der Waals surface area contributed by atoms with Gasteiger partial charge in [-0.15, -0.1) is 0 Å². The fraction of sp³-hybridized carbons (Fsp3) is 0.800. The molecule has 22 heavy (non-hydrogen) atoms. The van der Waals surface area contributed by atoms with Gasteiger partial charge in [-0.3, -0.25) is 4.90 Å². The molecule has 2 heterocycles. The second-order valence-corrected chi connectivity index (χ2v) is 7.05. The van der Waals surface area contributed by atoms with Gasteiger partial charge in [0.1, 0.15) is 5.76 Å². The Hall–Kier alpha value is -1.08. The van der Waals surface area contributed by atoms with Gasteiger partial charge in [-0.25, -0.2) is 4.98 Å². The average Bonchev–Trinajstić information content (AvgIpc) is 2.87. The normalized spacial score (nSPS) is 21.8. The topological polar surface area (TPSA) is 49.5 Å². The third-order valence-electron chi connectivity index (χ3n) is 4.32. The highest BCUT2D eigenvalue weighted by Crippen LogP contribution is 2.40. The molecule has 1 aliphatic rings. The molecule has 0 aromatic carbocycles. The Kier molecular flexibility index (Phi) is 4.34. The number of alkyl halides is 3. The molecule has 0 spiro atoms. The Balaban J connectivity index is 2.04. The Morgan fingerprint density at radius 3 is 2.23 bits per heavy atom. The number of aliphatic hydroxyl groups is 1. The van der Waals surface area contributed by atoms with Gasteiger partial charge in [0, 0.05) is 18.5 Å². The highest BCUT2D eigenvalue weighted by Gasteiger charge is 2.54. The van der Waals surface area contributed by atoms with Crippen LogP contribution in [0.25, 0.3) is 0 Å². The van der Waals surface area contributed by atoms with E-state index in [4.69, 9.17) is 4.42 Å². The number of oxazole rings is 1. The van der Waals surface area contributed by atoms with Gasteiger partial charge in [0.15, 0.2) is 5.60 Å². The van der Waals surface area contributed by atoms with E-state index in [1.165, 1.54) is 0 Å². The summed E-state index contributed by atoms with van der Waals surface area (Å²) in [6, 6.07) is -0.214. The molecule has 2 rings (SSSR count). The number of rotatable bonds is 2. The van der Waals surface area contributed by atoms with Crippen LogP contribution in [-0.4, -0.2) is 39.9 Å². The molecule has 1 aromatic rings. The van der Waals surface area contributed by atoms with Crippen molar-refractivity contribution < 1.29 is 22.7 Å². The summed E-state index contributed by atoms with van der Waals surface area (Å²) in [6.07, 6.45) is -3.56. The van der Waals surface area contributed by atoms with Crippen molar-refractivity contribution >= 4 is 0 Å². The number of nitrogens with zero attached hydrogens (tertiary/aromatic N) is 2. The SMILES string of the molecule is CC(c1ncc(C(C)(C)C)o1)N1CCC(O)(C(F)(F)F)CC1. The molecule has 7 heteroatoms.